The summed E-state index contributed by atoms with van der Waals surface area (Å²) in [5, 5.41) is 16.7. The summed E-state index contributed by atoms with van der Waals surface area (Å²) in [6, 6.07) is 18.9. The first kappa shape index (κ1) is 27.0. The molecule has 0 unspecified atom stereocenters. The molecule has 6 rings (SSSR count). The molecule has 12 heteroatoms. The van der Waals surface area contributed by atoms with Crippen molar-refractivity contribution in [2.75, 3.05) is 11.9 Å². The highest BCUT2D eigenvalue weighted by atomic mass is 35.5. The van der Waals surface area contributed by atoms with Gasteiger partial charge in [0.1, 0.15) is 5.75 Å². The molecule has 0 saturated heterocycles. The molecule has 2 aromatic heterocycles. The fraction of sp³-hybridized carbons (Fsp3) is 0.276. The first-order valence-corrected chi connectivity index (χ1v) is 14.2. The maximum atomic E-state index is 12.5. The Hall–Kier alpha value is -4.15. The van der Waals surface area contributed by atoms with Crippen molar-refractivity contribution >= 4 is 51.8 Å². The van der Waals surface area contributed by atoms with Gasteiger partial charge in [-0.25, -0.2) is 10.1 Å². The third kappa shape index (κ3) is 5.98. The molecule has 2 N–H and O–H groups in total. The van der Waals surface area contributed by atoms with Crippen LogP contribution in [-0.4, -0.2) is 42.3 Å². The molecule has 41 heavy (non-hydrogen) atoms. The highest BCUT2D eigenvalue weighted by Gasteiger charge is 2.16. The van der Waals surface area contributed by atoms with Gasteiger partial charge in [-0.15, -0.1) is 0 Å². The Bertz CT molecular complexity index is 1740. The van der Waals surface area contributed by atoms with E-state index in [9.17, 15) is 4.79 Å². The molecule has 2 heterocycles. The van der Waals surface area contributed by atoms with Crippen LogP contribution in [0.1, 0.15) is 41.6 Å². The van der Waals surface area contributed by atoms with Crippen LogP contribution >= 0.6 is 23.2 Å². The number of ether oxygens (including phenoxy) is 1. The van der Waals surface area contributed by atoms with Crippen LogP contribution in [0.25, 0.3) is 11.0 Å². The second-order valence-electron chi connectivity index (χ2n) is 10.2. The fourth-order valence-electron chi connectivity index (χ4n) is 5.16. The van der Waals surface area contributed by atoms with Crippen molar-refractivity contribution in [2.45, 2.75) is 32.2 Å². The number of H-pyrrole nitrogens is 1. The summed E-state index contributed by atoms with van der Waals surface area (Å²) < 4.78 is 10.1. The Balaban J connectivity index is 1.30. The number of rotatable bonds is 8. The van der Waals surface area contributed by atoms with Gasteiger partial charge in [-0.1, -0.05) is 53.3 Å². The second-order valence-corrected chi connectivity index (χ2v) is 11.0. The monoisotopic (exact) mass is 590 g/mol. The SMILES string of the molecule is Cn1c(=Nc2ccc(OCC3CCCC3)cc2)n(Cc2ccc(C(=O)Nc3nnn[nH]3)cc2)c2cc(Cl)c(Cl)cc21. The summed E-state index contributed by atoms with van der Waals surface area (Å²) in [6.45, 7) is 1.25. The van der Waals surface area contributed by atoms with Crippen LogP contribution in [0, 0.1) is 5.92 Å². The minimum atomic E-state index is -0.319. The van der Waals surface area contributed by atoms with Crippen molar-refractivity contribution in [3.63, 3.8) is 0 Å². The number of aromatic amines is 1. The van der Waals surface area contributed by atoms with Gasteiger partial charge in [0.05, 0.1) is 39.9 Å². The largest absolute Gasteiger partial charge is 0.493 e. The summed E-state index contributed by atoms with van der Waals surface area (Å²) in [4.78, 5) is 17.5. The van der Waals surface area contributed by atoms with E-state index < -0.39 is 0 Å². The van der Waals surface area contributed by atoms with Gasteiger partial charge in [0.2, 0.25) is 11.6 Å². The van der Waals surface area contributed by atoms with E-state index in [1.54, 1.807) is 12.1 Å². The van der Waals surface area contributed by atoms with E-state index in [1.165, 1.54) is 25.7 Å². The number of benzene rings is 3. The molecule has 1 aliphatic carbocycles. The number of anilines is 1. The maximum Gasteiger partial charge on any atom is 0.258 e. The van der Waals surface area contributed by atoms with E-state index in [-0.39, 0.29) is 11.9 Å². The number of halogens is 2. The first-order valence-electron chi connectivity index (χ1n) is 13.4. The summed E-state index contributed by atoms with van der Waals surface area (Å²) in [7, 11) is 1.95. The van der Waals surface area contributed by atoms with Gasteiger partial charge in [0, 0.05) is 12.6 Å². The van der Waals surface area contributed by atoms with Gasteiger partial charge in [0.15, 0.2) is 0 Å². The van der Waals surface area contributed by atoms with Gasteiger partial charge < -0.3 is 13.9 Å². The number of imidazole rings is 1. The average Bonchev–Trinajstić information content (AvgIpc) is 3.74. The highest BCUT2D eigenvalue weighted by molar-refractivity contribution is 6.42. The van der Waals surface area contributed by atoms with Gasteiger partial charge >= 0.3 is 0 Å². The van der Waals surface area contributed by atoms with Gasteiger partial charge in [-0.2, -0.15) is 0 Å². The van der Waals surface area contributed by atoms with E-state index in [0.29, 0.717) is 28.1 Å². The Kier molecular flexibility index (Phi) is 7.76. The van der Waals surface area contributed by atoms with Crippen LogP contribution in [0.4, 0.5) is 11.6 Å². The minimum absolute atomic E-state index is 0.181. The number of aromatic nitrogens is 6. The van der Waals surface area contributed by atoms with Crippen LogP contribution in [0.15, 0.2) is 65.7 Å². The van der Waals surface area contributed by atoms with Crippen LogP contribution in [-0.2, 0) is 13.6 Å². The van der Waals surface area contributed by atoms with E-state index in [1.807, 2.05) is 60.1 Å². The molecular weight excluding hydrogens is 563 g/mol. The molecule has 5 aromatic rings. The number of carbonyl (C=O) groups excluding carboxylic acids is 1. The number of tetrazole rings is 1. The average molecular weight is 592 g/mol. The Labute approximate surface area is 246 Å². The van der Waals surface area contributed by atoms with Crippen LogP contribution < -0.4 is 15.7 Å². The van der Waals surface area contributed by atoms with Crippen molar-refractivity contribution in [1.29, 1.82) is 0 Å². The molecule has 1 fully saturated rings. The molecule has 10 nitrogen and oxygen atoms in total. The standard InChI is InChI=1S/C29H28Cl2N8O2/c1-38-25-14-23(30)24(31)15-26(25)39(16-18-6-8-20(9-7-18)27(40)33-28-34-36-37-35-28)29(38)32-21-10-12-22(13-11-21)41-17-19-4-2-3-5-19/h6-15,19H,2-5,16-17H2,1H3,(H2,33,34,35,36,37,40). The quantitative estimate of drug-likeness (QED) is 0.233. The van der Waals surface area contributed by atoms with Crippen molar-refractivity contribution < 1.29 is 9.53 Å². The molecule has 1 amide bonds. The summed E-state index contributed by atoms with van der Waals surface area (Å²) in [5.41, 5.74) is 4.74. The Morgan fingerprint density at radius 1 is 1.05 bits per heavy atom. The highest BCUT2D eigenvalue weighted by Crippen LogP contribution is 2.29. The maximum absolute atomic E-state index is 12.5. The normalized spacial score (nSPS) is 14.2. The third-order valence-electron chi connectivity index (χ3n) is 7.37. The second kappa shape index (κ2) is 11.8. The van der Waals surface area contributed by atoms with Crippen molar-refractivity contribution in [1.82, 2.24) is 29.8 Å². The lowest BCUT2D eigenvalue weighted by Gasteiger charge is -2.11. The fourth-order valence-corrected chi connectivity index (χ4v) is 5.47. The van der Waals surface area contributed by atoms with E-state index in [4.69, 9.17) is 32.9 Å². The summed E-state index contributed by atoms with van der Waals surface area (Å²) >= 11 is 12.8. The molecule has 1 saturated carbocycles. The summed E-state index contributed by atoms with van der Waals surface area (Å²) in [5.74, 6) is 1.37. The van der Waals surface area contributed by atoms with Crippen LogP contribution in [0.2, 0.25) is 10.0 Å². The molecule has 0 atom stereocenters. The first-order chi connectivity index (χ1) is 19.9. The van der Waals surface area contributed by atoms with Crippen molar-refractivity contribution in [3.8, 4) is 5.75 Å². The van der Waals surface area contributed by atoms with E-state index in [0.717, 1.165) is 40.3 Å². The zero-order valence-electron chi connectivity index (χ0n) is 22.3. The van der Waals surface area contributed by atoms with Crippen LogP contribution in [0.5, 0.6) is 5.75 Å². The number of aryl methyl sites for hydroxylation is 1. The lowest BCUT2D eigenvalue weighted by atomic mass is 10.1. The molecule has 0 aliphatic heterocycles. The number of fused-ring (bicyclic) bond motifs is 1. The summed E-state index contributed by atoms with van der Waals surface area (Å²) in [6.07, 6.45) is 5.10. The molecule has 0 bridgehead atoms. The zero-order chi connectivity index (χ0) is 28.3. The lowest BCUT2D eigenvalue weighted by molar-refractivity contribution is 0.102. The lowest BCUT2D eigenvalue weighted by Crippen LogP contribution is -2.24. The predicted molar refractivity (Wildman–Crippen MR) is 158 cm³/mol. The Morgan fingerprint density at radius 3 is 2.44 bits per heavy atom. The molecular formula is C29H28Cl2N8O2. The topological polar surface area (TPSA) is 115 Å². The van der Waals surface area contributed by atoms with Crippen molar-refractivity contribution in [3.05, 3.63) is 87.5 Å². The number of hydrogen-bond donors (Lipinski definition) is 2. The third-order valence-corrected chi connectivity index (χ3v) is 8.09. The van der Waals surface area contributed by atoms with Gasteiger partial charge in [0.25, 0.3) is 5.91 Å². The molecule has 0 spiro atoms. The Morgan fingerprint density at radius 2 is 1.76 bits per heavy atom. The minimum Gasteiger partial charge on any atom is -0.493 e. The van der Waals surface area contributed by atoms with E-state index in [2.05, 4.69) is 30.5 Å². The molecule has 3 aromatic carbocycles. The predicted octanol–water partition coefficient (Wildman–Crippen LogP) is 5.90. The molecule has 210 valence electrons. The molecule has 0 radical (unpaired) electrons. The van der Waals surface area contributed by atoms with Crippen LogP contribution in [0.3, 0.4) is 0 Å². The number of amides is 1. The van der Waals surface area contributed by atoms with Gasteiger partial charge in [-0.05, 0) is 83.3 Å². The number of carbonyl (C=O) groups is 1. The number of nitrogens with zero attached hydrogens (tertiary/aromatic N) is 6. The smallest absolute Gasteiger partial charge is 0.258 e. The number of nitrogens with one attached hydrogen (secondary N) is 2. The van der Waals surface area contributed by atoms with Crippen molar-refractivity contribution in [2.24, 2.45) is 18.0 Å². The molecule has 1 aliphatic rings. The number of hydrogen-bond acceptors (Lipinski definition) is 6. The zero-order valence-corrected chi connectivity index (χ0v) is 23.9. The van der Waals surface area contributed by atoms with E-state index >= 15 is 0 Å². The van der Waals surface area contributed by atoms with Gasteiger partial charge in [-0.3, -0.25) is 10.1 Å².